The van der Waals surface area contributed by atoms with Crippen molar-refractivity contribution in [3.05, 3.63) is 59.7 Å². The van der Waals surface area contributed by atoms with Crippen molar-refractivity contribution in [2.45, 2.75) is 0 Å². The molecule has 148 valence electrons. The third kappa shape index (κ3) is 5.77. The van der Waals surface area contributed by atoms with E-state index in [1.165, 1.54) is 27.4 Å². The van der Waals surface area contributed by atoms with E-state index in [0.717, 1.165) is 0 Å². The zero-order chi connectivity index (χ0) is 20.4. The molecule has 0 radical (unpaired) electrons. The lowest BCUT2D eigenvalue weighted by molar-refractivity contribution is -0.138. The van der Waals surface area contributed by atoms with Gasteiger partial charge >= 0.3 is 11.9 Å². The normalized spacial score (nSPS) is 10.4. The number of hydrogen-bond donors (Lipinski definition) is 0. The van der Waals surface area contributed by atoms with Gasteiger partial charge in [-0.1, -0.05) is 18.2 Å². The maximum atomic E-state index is 11.9. The third-order valence-corrected chi connectivity index (χ3v) is 3.71. The third-order valence-electron chi connectivity index (χ3n) is 3.71. The standard InChI is InChI=1S/C21H22O7/c1-24-17-14-19(26-3)18(25-2)13-16(17)9-10-20(22)27-11-12-28-21(23)15-7-5-4-6-8-15/h4-10,13-14H,11-12H2,1-3H3/b10-9+. The largest absolute Gasteiger partial charge is 0.496 e. The Morgan fingerprint density at radius 2 is 1.43 bits per heavy atom. The van der Waals surface area contributed by atoms with Crippen LogP contribution in [0, 0.1) is 0 Å². The topological polar surface area (TPSA) is 80.3 Å². The summed E-state index contributed by atoms with van der Waals surface area (Å²) in [5.74, 6) is 0.483. The van der Waals surface area contributed by atoms with Crippen molar-refractivity contribution < 1.29 is 33.3 Å². The van der Waals surface area contributed by atoms with Crippen LogP contribution in [0.3, 0.4) is 0 Å². The van der Waals surface area contributed by atoms with Crippen molar-refractivity contribution in [1.29, 1.82) is 0 Å². The van der Waals surface area contributed by atoms with Gasteiger partial charge in [0.05, 0.1) is 26.9 Å². The average molecular weight is 386 g/mol. The molecule has 0 atom stereocenters. The molecule has 7 nitrogen and oxygen atoms in total. The highest BCUT2D eigenvalue weighted by Crippen LogP contribution is 2.35. The molecule has 0 unspecified atom stereocenters. The van der Waals surface area contributed by atoms with E-state index in [4.69, 9.17) is 23.7 Å². The molecule has 2 aromatic rings. The Balaban J connectivity index is 1.87. The lowest BCUT2D eigenvalue weighted by Crippen LogP contribution is -2.12. The SMILES string of the molecule is COc1cc(OC)c(OC)cc1/C=C/C(=O)OCCOC(=O)c1ccccc1. The molecule has 0 bridgehead atoms. The van der Waals surface area contributed by atoms with Gasteiger partial charge in [-0.2, -0.15) is 0 Å². The molecular formula is C21H22O7. The summed E-state index contributed by atoms with van der Waals surface area (Å²) in [5.41, 5.74) is 1.06. The summed E-state index contributed by atoms with van der Waals surface area (Å²) in [5, 5.41) is 0. The molecule has 0 saturated heterocycles. The Kier molecular flexibility index (Phi) is 7.90. The molecule has 0 aliphatic heterocycles. The van der Waals surface area contributed by atoms with Crippen LogP contribution < -0.4 is 14.2 Å². The first kappa shape index (κ1) is 20.8. The van der Waals surface area contributed by atoms with Crippen molar-refractivity contribution in [2.75, 3.05) is 34.5 Å². The van der Waals surface area contributed by atoms with Crippen LogP contribution in [0.1, 0.15) is 15.9 Å². The second-order valence-electron chi connectivity index (χ2n) is 5.45. The number of carbonyl (C=O) groups excluding carboxylic acids is 2. The summed E-state index contributed by atoms with van der Waals surface area (Å²) in [4.78, 5) is 23.6. The molecule has 0 saturated carbocycles. The molecule has 0 aromatic heterocycles. The predicted octanol–water partition coefficient (Wildman–Crippen LogP) is 3.13. The monoisotopic (exact) mass is 386 g/mol. The van der Waals surface area contributed by atoms with Gasteiger partial charge in [0.1, 0.15) is 19.0 Å². The van der Waals surface area contributed by atoms with Crippen molar-refractivity contribution in [3.8, 4) is 17.2 Å². The van der Waals surface area contributed by atoms with E-state index in [0.29, 0.717) is 28.4 Å². The highest BCUT2D eigenvalue weighted by molar-refractivity contribution is 5.89. The lowest BCUT2D eigenvalue weighted by Gasteiger charge is -2.12. The van der Waals surface area contributed by atoms with Crippen LogP contribution in [0.4, 0.5) is 0 Å². The second kappa shape index (κ2) is 10.6. The zero-order valence-electron chi connectivity index (χ0n) is 16.0. The maximum absolute atomic E-state index is 11.9. The van der Waals surface area contributed by atoms with Gasteiger partial charge in [-0.15, -0.1) is 0 Å². The van der Waals surface area contributed by atoms with E-state index in [2.05, 4.69) is 0 Å². The molecular weight excluding hydrogens is 364 g/mol. The summed E-state index contributed by atoms with van der Waals surface area (Å²) in [7, 11) is 4.55. The van der Waals surface area contributed by atoms with Crippen LogP contribution in [0.2, 0.25) is 0 Å². The smallest absolute Gasteiger partial charge is 0.338 e. The van der Waals surface area contributed by atoms with E-state index in [1.54, 1.807) is 48.5 Å². The Hall–Kier alpha value is -3.48. The van der Waals surface area contributed by atoms with Crippen molar-refractivity contribution >= 4 is 18.0 Å². The van der Waals surface area contributed by atoms with Gasteiger partial charge in [-0.25, -0.2) is 9.59 Å². The van der Waals surface area contributed by atoms with Crippen LogP contribution in [0.15, 0.2) is 48.5 Å². The Morgan fingerprint density at radius 3 is 2.07 bits per heavy atom. The van der Waals surface area contributed by atoms with Crippen molar-refractivity contribution in [3.63, 3.8) is 0 Å². The minimum Gasteiger partial charge on any atom is -0.496 e. The molecule has 7 heteroatoms. The molecule has 0 amide bonds. The van der Waals surface area contributed by atoms with Gasteiger partial charge in [-0.05, 0) is 24.3 Å². The fourth-order valence-electron chi connectivity index (χ4n) is 2.32. The van der Waals surface area contributed by atoms with Gasteiger partial charge in [-0.3, -0.25) is 0 Å². The van der Waals surface area contributed by atoms with E-state index >= 15 is 0 Å². The van der Waals surface area contributed by atoms with Crippen LogP contribution in [-0.4, -0.2) is 46.5 Å². The van der Waals surface area contributed by atoms with E-state index in [9.17, 15) is 9.59 Å². The zero-order valence-corrected chi connectivity index (χ0v) is 16.0. The van der Waals surface area contributed by atoms with E-state index in [1.807, 2.05) is 0 Å². The summed E-state index contributed by atoms with van der Waals surface area (Å²) in [6.07, 6.45) is 2.79. The first-order chi connectivity index (χ1) is 13.6. The first-order valence-electron chi connectivity index (χ1n) is 8.46. The summed E-state index contributed by atoms with van der Waals surface area (Å²) in [6, 6.07) is 11.9. The number of esters is 2. The molecule has 0 N–H and O–H groups in total. The van der Waals surface area contributed by atoms with E-state index in [-0.39, 0.29) is 13.2 Å². The van der Waals surface area contributed by atoms with Crippen LogP contribution in [0.25, 0.3) is 6.08 Å². The Bertz CT molecular complexity index is 828. The number of benzene rings is 2. The molecule has 2 rings (SSSR count). The van der Waals surface area contributed by atoms with Crippen LogP contribution in [0.5, 0.6) is 17.2 Å². The lowest BCUT2D eigenvalue weighted by atomic mass is 10.1. The molecule has 0 aliphatic rings. The van der Waals surface area contributed by atoms with Gasteiger partial charge in [0.25, 0.3) is 0 Å². The molecule has 0 fully saturated rings. The molecule has 2 aromatic carbocycles. The van der Waals surface area contributed by atoms with Gasteiger partial charge in [0.2, 0.25) is 0 Å². The van der Waals surface area contributed by atoms with Crippen molar-refractivity contribution in [2.24, 2.45) is 0 Å². The number of hydrogen-bond acceptors (Lipinski definition) is 7. The molecule has 0 spiro atoms. The van der Waals surface area contributed by atoms with Gasteiger partial charge in [0, 0.05) is 17.7 Å². The minimum absolute atomic E-state index is 0.0347. The fraction of sp³-hybridized carbons (Fsp3) is 0.238. The number of methoxy groups -OCH3 is 3. The average Bonchev–Trinajstić information content (AvgIpc) is 2.74. The number of ether oxygens (including phenoxy) is 5. The van der Waals surface area contributed by atoms with Crippen molar-refractivity contribution in [1.82, 2.24) is 0 Å². The quantitative estimate of drug-likeness (QED) is 0.372. The van der Waals surface area contributed by atoms with Gasteiger partial charge in [0.15, 0.2) is 11.5 Å². The fourth-order valence-corrected chi connectivity index (χ4v) is 2.32. The highest BCUT2D eigenvalue weighted by atomic mass is 16.6. The minimum atomic E-state index is -0.576. The Morgan fingerprint density at radius 1 is 0.821 bits per heavy atom. The predicted molar refractivity (Wildman–Crippen MR) is 103 cm³/mol. The number of carbonyl (C=O) groups is 2. The second-order valence-corrected chi connectivity index (χ2v) is 5.45. The molecule has 0 heterocycles. The summed E-state index contributed by atoms with van der Waals surface area (Å²) in [6.45, 7) is -0.0855. The first-order valence-corrected chi connectivity index (χ1v) is 8.46. The summed E-state index contributed by atoms with van der Waals surface area (Å²) < 4.78 is 25.8. The number of rotatable bonds is 9. The van der Waals surface area contributed by atoms with Crippen LogP contribution >= 0.6 is 0 Å². The summed E-state index contributed by atoms with van der Waals surface area (Å²) >= 11 is 0. The molecule has 0 aliphatic carbocycles. The highest BCUT2D eigenvalue weighted by Gasteiger charge is 2.11. The molecule has 28 heavy (non-hydrogen) atoms. The van der Waals surface area contributed by atoms with E-state index < -0.39 is 11.9 Å². The van der Waals surface area contributed by atoms with Crippen LogP contribution in [-0.2, 0) is 14.3 Å². The Labute approximate surface area is 163 Å². The maximum Gasteiger partial charge on any atom is 0.338 e. The van der Waals surface area contributed by atoms with Gasteiger partial charge < -0.3 is 23.7 Å².